The molecule has 320 valence electrons. The third-order valence-corrected chi connectivity index (χ3v) is 12.6. The van der Waals surface area contributed by atoms with Crippen LogP contribution in [0.5, 0.6) is 5.75 Å². The Kier molecular flexibility index (Phi) is 11.9. The number of rotatable bonds is 12. The van der Waals surface area contributed by atoms with Gasteiger partial charge in [0.25, 0.3) is 23.3 Å². The zero-order valence-corrected chi connectivity index (χ0v) is 35.2. The molecule has 0 aliphatic carbocycles. The fourth-order valence-electron chi connectivity index (χ4n) is 9.05. The summed E-state index contributed by atoms with van der Waals surface area (Å²) >= 11 is 6.60. The van der Waals surface area contributed by atoms with E-state index in [1.165, 1.54) is 11.6 Å². The van der Waals surface area contributed by atoms with E-state index in [9.17, 15) is 28.8 Å². The number of nitrogens with one attached hydrogen (secondary N) is 3. The second kappa shape index (κ2) is 17.5. The summed E-state index contributed by atoms with van der Waals surface area (Å²) in [5.41, 5.74) is 2.51. The number of anilines is 4. The molecule has 17 nitrogen and oxygen atoms in total. The number of carbonyl (C=O) groups excluding carboxylic acids is 5. The SMILES string of the molecule is CCCC(C1CCN(c2ccc3c(c2)C(=O)N(C2CCC(=O)NC2=O)C3=O)CC1)N1CCN(c2ncc(Cl)c(Nc3ccc4c(c3)cc(OCC(=O)NC)c(=O)n4C)n2)CC1. The van der Waals surface area contributed by atoms with Gasteiger partial charge in [-0.05, 0) is 74.1 Å². The van der Waals surface area contributed by atoms with Crippen LogP contribution in [0.1, 0.15) is 66.2 Å². The molecule has 4 aliphatic rings. The summed E-state index contributed by atoms with van der Waals surface area (Å²) in [5.74, 6) is -0.753. The van der Waals surface area contributed by atoms with E-state index in [4.69, 9.17) is 21.3 Å². The van der Waals surface area contributed by atoms with E-state index in [0.29, 0.717) is 45.5 Å². The summed E-state index contributed by atoms with van der Waals surface area (Å²) in [4.78, 5) is 92.9. The van der Waals surface area contributed by atoms with Crippen molar-refractivity contribution < 1.29 is 28.7 Å². The molecule has 3 saturated heterocycles. The Balaban J connectivity index is 0.884. The van der Waals surface area contributed by atoms with E-state index in [-0.39, 0.29) is 42.2 Å². The summed E-state index contributed by atoms with van der Waals surface area (Å²) < 4.78 is 7.00. The van der Waals surface area contributed by atoms with E-state index >= 15 is 0 Å². The smallest absolute Gasteiger partial charge is 0.293 e. The van der Waals surface area contributed by atoms with Gasteiger partial charge < -0.3 is 29.7 Å². The van der Waals surface area contributed by atoms with Crippen LogP contribution in [0.2, 0.25) is 5.02 Å². The normalized spacial score (nSPS) is 19.3. The van der Waals surface area contributed by atoms with Crippen LogP contribution in [0, 0.1) is 5.92 Å². The van der Waals surface area contributed by atoms with Gasteiger partial charge in [-0.3, -0.25) is 43.9 Å². The van der Waals surface area contributed by atoms with Crippen LogP contribution >= 0.6 is 11.6 Å². The van der Waals surface area contributed by atoms with Crippen LogP contribution in [0.3, 0.4) is 0 Å². The number of benzene rings is 2. The van der Waals surface area contributed by atoms with Gasteiger partial charge in [0.05, 0.1) is 22.8 Å². The highest BCUT2D eigenvalue weighted by Crippen LogP contribution is 2.35. The van der Waals surface area contributed by atoms with Crippen molar-refractivity contribution in [2.45, 2.75) is 57.5 Å². The lowest BCUT2D eigenvalue weighted by atomic mass is 9.85. The first-order valence-corrected chi connectivity index (χ1v) is 21.2. The molecule has 18 heteroatoms. The van der Waals surface area contributed by atoms with E-state index in [0.717, 1.165) is 80.9 Å². The molecule has 5 amide bonds. The molecule has 2 atom stereocenters. The Morgan fingerprint density at radius 2 is 1.69 bits per heavy atom. The fraction of sp³-hybridized carbons (Fsp3) is 0.442. The minimum Gasteiger partial charge on any atom is -0.478 e. The molecule has 0 bridgehead atoms. The number of piperazine rings is 1. The number of aryl methyl sites for hydroxylation is 1. The number of hydrogen-bond acceptors (Lipinski definition) is 13. The first-order valence-electron chi connectivity index (χ1n) is 20.8. The second-order valence-corrected chi connectivity index (χ2v) is 16.4. The number of hydrogen-bond donors (Lipinski definition) is 3. The van der Waals surface area contributed by atoms with Crippen LogP contribution in [0.25, 0.3) is 10.9 Å². The van der Waals surface area contributed by atoms with Gasteiger partial charge in [0.2, 0.25) is 17.8 Å². The number of pyridine rings is 1. The average Bonchev–Trinajstić information content (AvgIpc) is 3.51. The van der Waals surface area contributed by atoms with Crippen molar-refractivity contribution in [2.24, 2.45) is 13.0 Å². The predicted octanol–water partition coefficient (Wildman–Crippen LogP) is 3.46. The molecule has 0 spiro atoms. The van der Waals surface area contributed by atoms with Gasteiger partial charge >= 0.3 is 0 Å². The minimum atomic E-state index is -0.989. The molecule has 2 aromatic carbocycles. The number of halogens is 1. The number of nitrogens with zero attached hydrogens (tertiary/aromatic N) is 7. The minimum absolute atomic E-state index is 0.0695. The molecule has 0 saturated carbocycles. The lowest BCUT2D eigenvalue weighted by molar-refractivity contribution is -0.136. The van der Waals surface area contributed by atoms with Crippen molar-refractivity contribution in [3.8, 4) is 5.75 Å². The van der Waals surface area contributed by atoms with Gasteiger partial charge in [0.15, 0.2) is 18.2 Å². The summed E-state index contributed by atoms with van der Waals surface area (Å²) in [7, 11) is 3.16. The second-order valence-electron chi connectivity index (χ2n) is 16.0. The van der Waals surface area contributed by atoms with Gasteiger partial charge in [-0.1, -0.05) is 24.9 Å². The Bertz CT molecular complexity index is 2460. The molecular formula is C43H49ClN10O7. The highest BCUT2D eigenvalue weighted by molar-refractivity contribution is 6.33. The van der Waals surface area contributed by atoms with Crippen molar-refractivity contribution in [3.63, 3.8) is 0 Å². The Hall–Kier alpha value is -6.07. The summed E-state index contributed by atoms with van der Waals surface area (Å²) in [5, 5.41) is 9.14. The molecular weight excluding hydrogens is 804 g/mol. The van der Waals surface area contributed by atoms with E-state index in [2.05, 4.69) is 42.6 Å². The Labute approximate surface area is 357 Å². The summed E-state index contributed by atoms with van der Waals surface area (Å²) in [6.07, 6.45) is 5.94. The van der Waals surface area contributed by atoms with Gasteiger partial charge in [0, 0.05) is 82.6 Å². The van der Waals surface area contributed by atoms with Crippen LogP contribution < -0.4 is 36.0 Å². The predicted molar refractivity (Wildman–Crippen MR) is 230 cm³/mol. The number of aromatic nitrogens is 3. The van der Waals surface area contributed by atoms with Crippen molar-refractivity contribution >= 4 is 75.2 Å². The van der Waals surface area contributed by atoms with Gasteiger partial charge in [-0.15, -0.1) is 0 Å². The fourth-order valence-corrected chi connectivity index (χ4v) is 9.19. The van der Waals surface area contributed by atoms with Crippen LogP contribution in [0.15, 0.2) is 53.5 Å². The molecule has 61 heavy (non-hydrogen) atoms. The molecule has 8 rings (SSSR count). The van der Waals surface area contributed by atoms with Gasteiger partial charge in [-0.2, -0.15) is 4.98 Å². The molecule has 3 N–H and O–H groups in total. The highest BCUT2D eigenvalue weighted by atomic mass is 35.5. The van der Waals surface area contributed by atoms with Gasteiger partial charge in [0.1, 0.15) is 11.1 Å². The van der Waals surface area contributed by atoms with Crippen molar-refractivity contribution in [1.29, 1.82) is 0 Å². The Morgan fingerprint density at radius 3 is 2.41 bits per heavy atom. The summed E-state index contributed by atoms with van der Waals surface area (Å²) in [6, 6.07) is 11.9. The molecule has 4 aliphatic heterocycles. The van der Waals surface area contributed by atoms with Crippen LogP contribution in [0.4, 0.5) is 23.1 Å². The average molecular weight is 853 g/mol. The third-order valence-electron chi connectivity index (χ3n) is 12.3. The molecule has 3 fully saturated rings. The summed E-state index contributed by atoms with van der Waals surface area (Å²) in [6.45, 7) is 6.81. The van der Waals surface area contributed by atoms with E-state index in [1.807, 2.05) is 24.3 Å². The van der Waals surface area contributed by atoms with E-state index < -0.39 is 29.7 Å². The van der Waals surface area contributed by atoms with Gasteiger partial charge in [-0.25, -0.2) is 4.98 Å². The Morgan fingerprint density at radius 1 is 0.934 bits per heavy atom. The number of imide groups is 2. The maximum Gasteiger partial charge on any atom is 0.293 e. The quantitative estimate of drug-likeness (QED) is 0.176. The number of carbonyl (C=O) groups is 5. The maximum atomic E-state index is 13.5. The monoisotopic (exact) mass is 852 g/mol. The maximum absolute atomic E-state index is 13.5. The molecule has 2 aromatic heterocycles. The lowest BCUT2D eigenvalue weighted by Crippen LogP contribution is -2.54. The number of piperidine rings is 2. The third kappa shape index (κ3) is 8.36. The standard InChI is InChI=1S/C43H49ClN10O7/c1-4-5-33(25-12-14-51(15-13-25)28-7-8-29-30(22-28)41(59)54(40(29)58)34-10-11-36(55)48-39(34)57)52-16-18-53(19-17-52)43-46-23-31(44)38(49-43)47-27-6-9-32-26(20-27)21-35(42(60)50(32)3)61-24-37(56)45-2/h6-9,20-23,25,33-34H,4-5,10-19,24H2,1-3H3,(H,45,56)(H,46,47,49)(H,48,55,57). The van der Waals surface area contributed by atoms with Crippen LogP contribution in [-0.2, 0) is 21.4 Å². The van der Waals surface area contributed by atoms with Crippen molar-refractivity contribution in [1.82, 2.24) is 35.0 Å². The molecule has 0 radical (unpaired) electrons. The van der Waals surface area contributed by atoms with Crippen molar-refractivity contribution in [2.75, 3.05) is 68.0 Å². The highest BCUT2D eigenvalue weighted by Gasteiger charge is 2.45. The number of likely N-dealkylation sites (N-methyl/N-ethyl adjacent to an activating group) is 1. The topological polar surface area (TPSA) is 191 Å². The number of ether oxygens (including phenoxy) is 1. The first-order chi connectivity index (χ1) is 29.4. The van der Waals surface area contributed by atoms with Crippen molar-refractivity contribution in [3.05, 3.63) is 75.2 Å². The largest absolute Gasteiger partial charge is 0.478 e. The molecule has 6 heterocycles. The van der Waals surface area contributed by atoms with Crippen LogP contribution in [-0.4, -0.2) is 119 Å². The zero-order chi connectivity index (χ0) is 42.9. The molecule has 4 aromatic rings. The van der Waals surface area contributed by atoms with E-state index in [1.54, 1.807) is 31.4 Å². The lowest BCUT2D eigenvalue weighted by Gasteiger charge is -2.45. The number of amides is 5. The first kappa shape index (κ1) is 41.7. The number of fused-ring (bicyclic) bond motifs is 2. The molecule has 2 unspecified atom stereocenters. The zero-order valence-electron chi connectivity index (χ0n) is 34.4.